The first-order valence-corrected chi connectivity index (χ1v) is 7.10. The highest BCUT2D eigenvalue weighted by Crippen LogP contribution is 2.49. The molecule has 2 aliphatic rings. The fourth-order valence-corrected chi connectivity index (χ4v) is 3.41. The van der Waals surface area contributed by atoms with Gasteiger partial charge in [0.1, 0.15) is 23.7 Å². The van der Waals surface area contributed by atoms with Crippen molar-refractivity contribution < 1.29 is 9.47 Å². The van der Waals surface area contributed by atoms with Gasteiger partial charge in [0.05, 0.1) is 0 Å². The Morgan fingerprint density at radius 2 is 1.53 bits per heavy atom. The Bertz CT molecular complexity index is 504. The fraction of sp³-hybridized carbons (Fsp3) is 0.625. The van der Waals surface area contributed by atoms with Gasteiger partial charge in [-0.2, -0.15) is 0 Å². The molecule has 1 aromatic carbocycles. The van der Waals surface area contributed by atoms with Crippen LogP contribution in [0.15, 0.2) is 0 Å². The molecular weight excluding hydrogens is 238 g/mol. The van der Waals surface area contributed by atoms with Crippen LogP contribution < -0.4 is 15.2 Å². The van der Waals surface area contributed by atoms with Gasteiger partial charge in [-0.05, 0) is 40.2 Å². The molecule has 2 heterocycles. The first-order valence-electron chi connectivity index (χ1n) is 7.10. The van der Waals surface area contributed by atoms with Crippen LogP contribution in [0.5, 0.6) is 11.5 Å². The topological polar surface area (TPSA) is 44.5 Å². The average Bonchev–Trinajstić information content (AvgIpc) is 2.80. The molecule has 2 N–H and O–H groups in total. The number of fused-ring (bicyclic) bond motifs is 2. The third-order valence-corrected chi connectivity index (χ3v) is 4.14. The standard InChI is InChI=1S/C16H23NO2/c1-8-6-11-10(3)14-12(7-9(2)18-14)13(15(11)19-8)16(4,5)17/h8-9H,6-7,17H2,1-5H3. The lowest BCUT2D eigenvalue weighted by atomic mass is 9.84. The van der Waals surface area contributed by atoms with Crippen molar-refractivity contribution in [1.82, 2.24) is 0 Å². The number of ether oxygens (including phenoxy) is 2. The highest BCUT2D eigenvalue weighted by atomic mass is 16.5. The lowest BCUT2D eigenvalue weighted by Crippen LogP contribution is -2.31. The molecule has 0 spiro atoms. The third kappa shape index (κ3) is 1.83. The molecule has 3 heteroatoms. The van der Waals surface area contributed by atoms with E-state index in [9.17, 15) is 0 Å². The van der Waals surface area contributed by atoms with Crippen molar-refractivity contribution in [2.75, 3.05) is 0 Å². The Kier molecular flexibility index (Phi) is 2.62. The van der Waals surface area contributed by atoms with Gasteiger partial charge in [0, 0.05) is 35.1 Å². The minimum absolute atomic E-state index is 0.231. The zero-order valence-corrected chi connectivity index (χ0v) is 12.5. The van der Waals surface area contributed by atoms with Crippen LogP contribution in [0.4, 0.5) is 0 Å². The van der Waals surface area contributed by atoms with Crippen LogP contribution in [0.1, 0.15) is 49.9 Å². The van der Waals surface area contributed by atoms with Crippen molar-refractivity contribution in [1.29, 1.82) is 0 Å². The second-order valence-electron chi connectivity index (χ2n) is 6.60. The summed E-state index contributed by atoms with van der Waals surface area (Å²) in [5, 5.41) is 0. The predicted octanol–water partition coefficient (Wildman–Crippen LogP) is 2.84. The highest BCUT2D eigenvalue weighted by Gasteiger charge is 2.38. The molecule has 0 fully saturated rings. The molecule has 104 valence electrons. The summed E-state index contributed by atoms with van der Waals surface area (Å²) in [5.74, 6) is 2.08. The Hall–Kier alpha value is -1.22. The molecule has 1 aromatic rings. The minimum atomic E-state index is -0.403. The maximum atomic E-state index is 6.41. The van der Waals surface area contributed by atoms with Crippen LogP contribution in [-0.2, 0) is 18.4 Å². The van der Waals surface area contributed by atoms with Crippen molar-refractivity contribution in [3.8, 4) is 11.5 Å². The minimum Gasteiger partial charge on any atom is -0.490 e. The van der Waals surface area contributed by atoms with E-state index in [1.165, 1.54) is 16.7 Å². The third-order valence-electron chi connectivity index (χ3n) is 4.14. The van der Waals surface area contributed by atoms with Crippen LogP contribution in [0.2, 0.25) is 0 Å². The zero-order valence-electron chi connectivity index (χ0n) is 12.5. The van der Waals surface area contributed by atoms with Crippen molar-refractivity contribution in [2.24, 2.45) is 5.73 Å². The molecule has 19 heavy (non-hydrogen) atoms. The number of nitrogens with two attached hydrogens (primary N) is 1. The molecule has 0 bridgehead atoms. The number of rotatable bonds is 1. The van der Waals surface area contributed by atoms with Gasteiger partial charge in [-0.15, -0.1) is 0 Å². The maximum Gasteiger partial charge on any atom is 0.128 e. The van der Waals surface area contributed by atoms with Gasteiger partial charge in [-0.3, -0.25) is 0 Å². The molecule has 2 unspecified atom stereocenters. The van der Waals surface area contributed by atoms with Gasteiger partial charge in [0.15, 0.2) is 0 Å². The van der Waals surface area contributed by atoms with Gasteiger partial charge < -0.3 is 15.2 Å². The molecule has 2 aliphatic heterocycles. The predicted molar refractivity (Wildman–Crippen MR) is 76.0 cm³/mol. The Morgan fingerprint density at radius 3 is 2.11 bits per heavy atom. The van der Waals surface area contributed by atoms with E-state index in [4.69, 9.17) is 15.2 Å². The Labute approximate surface area is 115 Å². The van der Waals surface area contributed by atoms with E-state index in [1.54, 1.807) is 0 Å². The largest absolute Gasteiger partial charge is 0.490 e. The molecule has 2 atom stereocenters. The summed E-state index contributed by atoms with van der Waals surface area (Å²) in [4.78, 5) is 0. The zero-order chi connectivity index (χ0) is 13.9. The van der Waals surface area contributed by atoms with E-state index in [0.29, 0.717) is 0 Å². The summed E-state index contributed by atoms with van der Waals surface area (Å²) in [6.45, 7) is 10.5. The lowest BCUT2D eigenvalue weighted by Gasteiger charge is -2.26. The first-order chi connectivity index (χ1) is 8.79. The van der Waals surface area contributed by atoms with Crippen molar-refractivity contribution in [2.45, 2.75) is 65.2 Å². The lowest BCUT2D eigenvalue weighted by molar-refractivity contribution is 0.248. The van der Waals surface area contributed by atoms with Gasteiger partial charge in [0.2, 0.25) is 0 Å². The molecule has 0 saturated carbocycles. The van der Waals surface area contributed by atoms with Crippen molar-refractivity contribution in [3.05, 3.63) is 22.3 Å². The van der Waals surface area contributed by atoms with Gasteiger partial charge in [-0.1, -0.05) is 0 Å². The highest BCUT2D eigenvalue weighted by molar-refractivity contribution is 5.63. The van der Waals surface area contributed by atoms with Crippen molar-refractivity contribution >= 4 is 0 Å². The van der Waals surface area contributed by atoms with E-state index in [2.05, 4.69) is 20.8 Å². The molecule has 3 nitrogen and oxygen atoms in total. The molecule has 0 radical (unpaired) electrons. The van der Waals surface area contributed by atoms with Gasteiger partial charge in [0.25, 0.3) is 0 Å². The van der Waals surface area contributed by atoms with Crippen LogP contribution in [0.25, 0.3) is 0 Å². The van der Waals surface area contributed by atoms with Crippen molar-refractivity contribution in [3.63, 3.8) is 0 Å². The monoisotopic (exact) mass is 261 g/mol. The molecular formula is C16H23NO2. The summed E-state index contributed by atoms with van der Waals surface area (Å²) < 4.78 is 12.1. The fourth-order valence-electron chi connectivity index (χ4n) is 3.41. The van der Waals surface area contributed by atoms with Crippen LogP contribution in [0.3, 0.4) is 0 Å². The van der Waals surface area contributed by atoms with Crippen LogP contribution in [-0.4, -0.2) is 12.2 Å². The summed E-state index contributed by atoms with van der Waals surface area (Å²) >= 11 is 0. The van der Waals surface area contributed by atoms with E-state index < -0.39 is 5.54 Å². The van der Waals surface area contributed by atoms with Gasteiger partial charge in [-0.25, -0.2) is 0 Å². The molecule has 3 rings (SSSR count). The average molecular weight is 261 g/mol. The summed E-state index contributed by atoms with van der Waals surface area (Å²) in [6, 6.07) is 0. The Balaban J connectivity index is 2.30. The van der Waals surface area contributed by atoms with E-state index in [-0.39, 0.29) is 12.2 Å². The smallest absolute Gasteiger partial charge is 0.128 e. The maximum absolute atomic E-state index is 6.41. The molecule has 0 aliphatic carbocycles. The second-order valence-corrected chi connectivity index (χ2v) is 6.60. The van der Waals surface area contributed by atoms with Gasteiger partial charge >= 0.3 is 0 Å². The summed E-state index contributed by atoms with van der Waals surface area (Å²) in [7, 11) is 0. The molecule has 0 saturated heterocycles. The second kappa shape index (κ2) is 3.89. The Morgan fingerprint density at radius 1 is 1.00 bits per heavy atom. The quantitative estimate of drug-likeness (QED) is 0.845. The molecule has 0 amide bonds. The van der Waals surface area contributed by atoms with E-state index in [0.717, 1.165) is 29.9 Å². The number of benzene rings is 1. The normalized spacial score (nSPS) is 24.7. The molecule has 0 aromatic heterocycles. The van der Waals surface area contributed by atoms with Crippen LogP contribution in [0, 0.1) is 6.92 Å². The number of hydrogen-bond donors (Lipinski definition) is 1. The van der Waals surface area contributed by atoms with E-state index >= 15 is 0 Å². The van der Waals surface area contributed by atoms with E-state index in [1.807, 2.05) is 13.8 Å². The summed E-state index contributed by atoms with van der Waals surface area (Å²) in [6.07, 6.45) is 2.34. The number of hydrogen-bond acceptors (Lipinski definition) is 3. The first kappa shape index (κ1) is 12.8. The van der Waals surface area contributed by atoms with Crippen LogP contribution >= 0.6 is 0 Å². The SMILES string of the molecule is Cc1c2c(c(C(C)(C)N)c3c1OC(C)C3)OC(C)C2. The summed E-state index contributed by atoms with van der Waals surface area (Å²) in [5.41, 5.74) is 10.9.